The molecule has 0 fully saturated rings. The summed E-state index contributed by atoms with van der Waals surface area (Å²) in [5.74, 6) is -0.925. The zero-order chi connectivity index (χ0) is 15.3. The summed E-state index contributed by atoms with van der Waals surface area (Å²) in [7, 11) is 0. The molecule has 0 spiro atoms. The van der Waals surface area contributed by atoms with Gasteiger partial charge in [0.05, 0.1) is 6.61 Å². The number of nitrogens with one attached hydrogen (secondary N) is 1. The van der Waals surface area contributed by atoms with Crippen LogP contribution in [0, 0.1) is 6.92 Å². The van der Waals surface area contributed by atoms with Crippen molar-refractivity contribution in [1.29, 1.82) is 0 Å². The van der Waals surface area contributed by atoms with Gasteiger partial charge in [0.25, 0.3) is 5.91 Å². The van der Waals surface area contributed by atoms with Gasteiger partial charge in [-0.2, -0.15) is 0 Å². The lowest BCUT2D eigenvalue weighted by Gasteiger charge is -2.24. The molecule has 0 saturated heterocycles. The Labute approximate surface area is 116 Å². The molecular formula is C13H19NO6. The molecule has 0 aliphatic carbocycles. The molecule has 1 amide bonds. The Morgan fingerprint density at radius 2 is 1.65 bits per heavy atom. The van der Waals surface area contributed by atoms with E-state index in [0.29, 0.717) is 5.69 Å². The first kappa shape index (κ1) is 16.5. The second kappa shape index (κ2) is 7.32. The molecule has 1 rings (SSSR count). The number of rotatable bonds is 6. The van der Waals surface area contributed by atoms with Crippen molar-refractivity contribution in [1.82, 2.24) is 0 Å². The average Bonchev–Trinajstić information content (AvgIpc) is 2.46. The number of amides is 1. The van der Waals surface area contributed by atoms with Crippen LogP contribution in [0.3, 0.4) is 0 Å². The minimum absolute atomic E-state index is 0.420. The van der Waals surface area contributed by atoms with Gasteiger partial charge in [0, 0.05) is 5.69 Å². The van der Waals surface area contributed by atoms with Gasteiger partial charge in [-0.1, -0.05) is 17.7 Å². The number of aryl methyl sites for hydroxylation is 1. The fourth-order valence-corrected chi connectivity index (χ4v) is 1.53. The van der Waals surface area contributed by atoms with E-state index in [0.717, 1.165) is 5.56 Å². The van der Waals surface area contributed by atoms with Crippen molar-refractivity contribution in [2.75, 3.05) is 11.9 Å². The van der Waals surface area contributed by atoms with Crippen molar-refractivity contribution in [3.05, 3.63) is 29.8 Å². The highest BCUT2D eigenvalue weighted by molar-refractivity contribution is 5.94. The summed E-state index contributed by atoms with van der Waals surface area (Å²) in [4.78, 5) is 11.7. The Hall–Kier alpha value is -1.51. The lowest BCUT2D eigenvalue weighted by atomic mass is 10.0. The first-order valence-electron chi connectivity index (χ1n) is 6.07. The van der Waals surface area contributed by atoms with Gasteiger partial charge in [-0.25, -0.2) is 0 Å². The predicted molar refractivity (Wildman–Crippen MR) is 70.9 cm³/mol. The Balaban J connectivity index is 2.64. The molecule has 0 aromatic heterocycles. The SMILES string of the molecule is Cc1ccc(NC(=O)[C@H](O)[C@H](O)[C@@H](O)[C@H](O)CO)cc1. The van der Waals surface area contributed by atoms with Gasteiger partial charge < -0.3 is 30.8 Å². The molecule has 112 valence electrons. The number of carbonyl (C=O) groups is 1. The zero-order valence-electron chi connectivity index (χ0n) is 11.0. The maximum atomic E-state index is 11.7. The Bertz CT molecular complexity index is 435. The van der Waals surface area contributed by atoms with E-state index in [4.69, 9.17) is 10.2 Å². The number of aliphatic hydroxyl groups excluding tert-OH is 5. The van der Waals surface area contributed by atoms with E-state index in [1.54, 1.807) is 24.3 Å². The number of aliphatic hydroxyl groups is 5. The van der Waals surface area contributed by atoms with Crippen LogP contribution in [0.25, 0.3) is 0 Å². The molecule has 0 saturated carbocycles. The fraction of sp³-hybridized carbons (Fsp3) is 0.462. The number of hydrogen-bond donors (Lipinski definition) is 6. The van der Waals surface area contributed by atoms with E-state index in [-0.39, 0.29) is 0 Å². The largest absolute Gasteiger partial charge is 0.394 e. The normalized spacial score (nSPS) is 17.1. The van der Waals surface area contributed by atoms with Crippen LogP contribution in [-0.4, -0.2) is 62.5 Å². The summed E-state index contributed by atoms with van der Waals surface area (Å²) in [6.07, 6.45) is -7.33. The molecule has 0 radical (unpaired) electrons. The number of anilines is 1. The third-order valence-electron chi connectivity index (χ3n) is 2.84. The molecular weight excluding hydrogens is 266 g/mol. The van der Waals surface area contributed by atoms with Crippen molar-refractivity contribution in [3.63, 3.8) is 0 Å². The monoisotopic (exact) mass is 285 g/mol. The number of benzene rings is 1. The topological polar surface area (TPSA) is 130 Å². The summed E-state index contributed by atoms with van der Waals surface area (Å²) in [5, 5.41) is 48.7. The first-order chi connectivity index (χ1) is 9.36. The highest BCUT2D eigenvalue weighted by Gasteiger charge is 2.34. The summed E-state index contributed by atoms with van der Waals surface area (Å²) in [5.41, 5.74) is 1.41. The van der Waals surface area contributed by atoms with Crippen molar-refractivity contribution in [3.8, 4) is 0 Å². The Morgan fingerprint density at radius 1 is 1.10 bits per heavy atom. The summed E-state index contributed by atoms with van der Waals surface area (Å²) in [6, 6.07) is 6.74. The highest BCUT2D eigenvalue weighted by Crippen LogP contribution is 2.11. The van der Waals surface area contributed by atoms with E-state index in [1.807, 2.05) is 6.92 Å². The molecule has 6 N–H and O–H groups in total. The van der Waals surface area contributed by atoms with Crippen molar-refractivity contribution >= 4 is 11.6 Å². The van der Waals surface area contributed by atoms with Gasteiger partial charge in [0.2, 0.25) is 0 Å². The van der Waals surface area contributed by atoms with Gasteiger partial charge in [-0.15, -0.1) is 0 Å². The van der Waals surface area contributed by atoms with E-state index < -0.39 is 36.9 Å². The first-order valence-corrected chi connectivity index (χ1v) is 6.07. The zero-order valence-corrected chi connectivity index (χ0v) is 11.0. The molecule has 7 heteroatoms. The summed E-state index contributed by atoms with van der Waals surface area (Å²) >= 11 is 0. The molecule has 0 bridgehead atoms. The van der Waals surface area contributed by atoms with Crippen LogP contribution < -0.4 is 5.32 Å². The Morgan fingerprint density at radius 3 is 2.15 bits per heavy atom. The number of carbonyl (C=O) groups excluding carboxylic acids is 1. The van der Waals surface area contributed by atoms with Crippen LogP contribution in [0.1, 0.15) is 5.56 Å². The smallest absolute Gasteiger partial charge is 0.256 e. The van der Waals surface area contributed by atoms with Gasteiger partial charge in [0.15, 0.2) is 6.10 Å². The molecule has 20 heavy (non-hydrogen) atoms. The van der Waals surface area contributed by atoms with E-state index in [2.05, 4.69) is 5.32 Å². The van der Waals surface area contributed by atoms with E-state index >= 15 is 0 Å². The van der Waals surface area contributed by atoms with Crippen molar-refractivity contribution in [2.45, 2.75) is 31.3 Å². The summed E-state index contributed by atoms with van der Waals surface area (Å²) < 4.78 is 0. The molecule has 0 aliphatic heterocycles. The van der Waals surface area contributed by atoms with Gasteiger partial charge >= 0.3 is 0 Å². The minimum atomic E-state index is -1.94. The summed E-state index contributed by atoms with van der Waals surface area (Å²) in [6.45, 7) is 1.07. The lowest BCUT2D eigenvalue weighted by Crippen LogP contribution is -2.50. The van der Waals surface area contributed by atoms with E-state index in [9.17, 15) is 20.1 Å². The molecule has 7 nitrogen and oxygen atoms in total. The van der Waals surface area contributed by atoms with Gasteiger partial charge in [-0.3, -0.25) is 4.79 Å². The molecule has 0 unspecified atom stereocenters. The molecule has 1 aromatic rings. The van der Waals surface area contributed by atoms with E-state index in [1.165, 1.54) is 0 Å². The third kappa shape index (κ3) is 4.26. The fourth-order valence-electron chi connectivity index (χ4n) is 1.53. The predicted octanol–water partition coefficient (Wildman–Crippen LogP) is -1.63. The quantitative estimate of drug-likeness (QED) is 0.372. The van der Waals surface area contributed by atoms with Gasteiger partial charge in [-0.05, 0) is 19.1 Å². The van der Waals surface area contributed by atoms with Crippen LogP contribution >= 0.6 is 0 Å². The lowest BCUT2D eigenvalue weighted by molar-refractivity contribution is -0.144. The molecule has 1 aromatic carbocycles. The van der Waals surface area contributed by atoms with Crippen molar-refractivity contribution in [2.24, 2.45) is 0 Å². The molecule has 4 atom stereocenters. The van der Waals surface area contributed by atoms with Crippen LogP contribution in [0.4, 0.5) is 5.69 Å². The van der Waals surface area contributed by atoms with Crippen LogP contribution in [0.15, 0.2) is 24.3 Å². The van der Waals surface area contributed by atoms with Crippen molar-refractivity contribution < 1.29 is 30.3 Å². The highest BCUT2D eigenvalue weighted by atomic mass is 16.4. The maximum Gasteiger partial charge on any atom is 0.256 e. The van der Waals surface area contributed by atoms with Crippen LogP contribution in [-0.2, 0) is 4.79 Å². The average molecular weight is 285 g/mol. The standard InChI is InChI=1S/C13H19NO6/c1-7-2-4-8(5-3-7)14-13(20)12(19)11(18)10(17)9(16)6-15/h2-5,9-12,15-19H,6H2,1H3,(H,14,20)/t9-,10+,11-,12-/m1/s1. The Kier molecular flexibility index (Phi) is 6.05. The maximum absolute atomic E-state index is 11.7. The molecule has 0 heterocycles. The number of hydrogen-bond acceptors (Lipinski definition) is 6. The third-order valence-corrected chi connectivity index (χ3v) is 2.84. The molecule has 0 aliphatic rings. The van der Waals surface area contributed by atoms with Gasteiger partial charge in [0.1, 0.15) is 18.3 Å². The second-order valence-corrected chi connectivity index (χ2v) is 4.53. The van der Waals surface area contributed by atoms with Crippen LogP contribution in [0.5, 0.6) is 0 Å². The van der Waals surface area contributed by atoms with Crippen LogP contribution in [0.2, 0.25) is 0 Å². The second-order valence-electron chi connectivity index (χ2n) is 4.53. The minimum Gasteiger partial charge on any atom is -0.394 e.